The number of hydrogen-bond acceptors (Lipinski definition) is 15. The third kappa shape index (κ3) is 18.5. The molecule has 9 aromatic rings. The molecule has 104 heavy (non-hydrogen) atoms. The summed E-state index contributed by atoms with van der Waals surface area (Å²) >= 11 is 2.27. The number of rotatable bonds is 23. The van der Waals surface area contributed by atoms with E-state index in [1.165, 1.54) is 11.0 Å². The first-order valence-electron chi connectivity index (χ1n) is 34.9. The average molecular weight is 1520 g/mol. The summed E-state index contributed by atoms with van der Waals surface area (Å²) < 4.78 is 20.8. The number of piperidine rings is 3. The van der Waals surface area contributed by atoms with Crippen molar-refractivity contribution in [3.8, 4) is 0 Å². The highest BCUT2D eigenvalue weighted by Crippen LogP contribution is 2.46. The van der Waals surface area contributed by atoms with Crippen molar-refractivity contribution in [2.75, 3.05) is 101 Å². The molecule has 0 bridgehead atoms. The predicted molar refractivity (Wildman–Crippen MR) is 404 cm³/mol. The summed E-state index contributed by atoms with van der Waals surface area (Å²) in [4.78, 5) is 117. The van der Waals surface area contributed by atoms with Gasteiger partial charge in [0.1, 0.15) is 17.2 Å². The van der Waals surface area contributed by atoms with Gasteiger partial charge >= 0.3 is 0 Å². The van der Waals surface area contributed by atoms with Crippen molar-refractivity contribution in [1.82, 2.24) is 44.9 Å². The fourth-order valence-corrected chi connectivity index (χ4v) is 15.5. The molecule has 0 radical (unpaired) electrons. The van der Waals surface area contributed by atoms with Crippen LogP contribution in [0.4, 0.5) is 4.39 Å². The van der Waals surface area contributed by atoms with Crippen molar-refractivity contribution in [2.24, 2.45) is 35.5 Å². The lowest BCUT2D eigenvalue weighted by Crippen LogP contribution is -2.52. The lowest BCUT2D eigenvalue weighted by atomic mass is 9.67. The molecule has 12 rings (SSSR count). The van der Waals surface area contributed by atoms with Gasteiger partial charge in [0.15, 0.2) is 34.7 Å². The van der Waals surface area contributed by atoms with Gasteiger partial charge in [-0.15, -0.1) is 0 Å². The van der Waals surface area contributed by atoms with E-state index in [4.69, 9.17) is 4.74 Å². The second kappa shape index (κ2) is 36.2. The van der Waals surface area contributed by atoms with E-state index in [1.807, 2.05) is 156 Å². The summed E-state index contributed by atoms with van der Waals surface area (Å²) in [7, 11) is 8.47. The maximum atomic E-state index is 14.5. The number of aliphatic hydroxyl groups excluding tert-OH is 1. The van der Waals surface area contributed by atoms with E-state index >= 15 is 0 Å². The van der Waals surface area contributed by atoms with Gasteiger partial charge in [-0.05, 0) is 100 Å². The number of likely N-dealkylation sites (N-methyl/N-ethyl adjacent to an activating group) is 2. The summed E-state index contributed by atoms with van der Waals surface area (Å²) in [6.07, 6.45) is 3.18. The van der Waals surface area contributed by atoms with Crippen molar-refractivity contribution in [1.29, 1.82) is 0 Å². The van der Waals surface area contributed by atoms with Crippen LogP contribution in [0.3, 0.4) is 0 Å². The SMILES string of the molecule is CN(C)C(=O)CN1C[C@H](C(=O)c2ccccc2)C(c2cccc(I)c2)[C@@H](C(=O)c2ccccc2)C1.COCCN1C[C@H](C(=O)c2cc[nH]n2)C(c2cccc(F)c2C)[C@@H](C(=O)c2cc[nH]n2)C1.Cc1c(CO)cccc1C1[C@@H](C(=O)c2ccccc2)CN(CC(=O)N(C)C)C[C@@H]1C(=O)c1ccccc1. The summed E-state index contributed by atoms with van der Waals surface area (Å²) in [5.74, 6) is -5.33. The molecule has 3 saturated heterocycles. The number of aliphatic hydroxyl groups is 1. The molecule has 19 nitrogen and oxygen atoms in total. The highest BCUT2D eigenvalue weighted by atomic mass is 127. The molecule has 3 aliphatic rings. The molecule has 7 aromatic carbocycles. The van der Waals surface area contributed by atoms with Crippen LogP contribution in [0.25, 0.3) is 0 Å². The lowest BCUT2D eigenvalue weighted by Gasteiger charge is -2.43. The van der Waals surface area contributed by atoms with E-state index in [-0.39, 0.29) is 77.9 Å². The minimum absolute atomic E-state index is 0.00215. The topological polar surface area (TPSA) is 240 Å². The maximum absolute atomic E-state index is 14.5. The fourth-order valence-electron chi connectivity index (χ4n) is 14.9. The monoisotopic (exact) mass is 1520 g/mol. The largest absolute Gasteiger partial charge is 0.392 e. The molecule has 3 aliphatic heterocycles. The number of nitrogens with zero attached hydrogens (tertiary/aromatic N) is 7. The molecular weight excluding hydrogens is 1430 g/mol. The first-order chi connectivity index (χ1) is 50.2. The number of carbonyl (C=O) groups is 8. The molecule has 3 N–H and O–H groups in total. The van der Waals surface area contributed by atoms with E-state index in [2.05, 4.69) is 54.0 Å². The Bertz CT molecular complexity index is 4230. The van der Waals surface area contributed by atoms with Crippen LogP contribution in [0.1, 0.15) is 114 Å². The van der Waals surface area contributed by atoms with Crippen molar-refractivity contribution in [3.63, 3.8) is 0 Å². The van der Waals surface area contributed by atoms with Crippen molar-refractivity contribution >= 4 is 69.1 Å². The van der Waals surface area contributed by atoms with Crippen molar-refractivity contribution < 1.29 is 52.6 Å². The van der Waals surface area contributed by atoms with E-state index in [1.54, 1.807) is 102 Å². The zero-order chi connectivity index (χ0) is 74.1. The summed E-state index contributed by atoms with van der Waals surface area (Å²) in [5.41, 5.74) is 7.68. The van der Waals surface area contributed by atoms with Gasteiger partial charge in [-0.3, -0.25) is 63.3 Å². The van der Waals surface area contributed by atoms with Gasteiger partial charge in [-0.2, -0.15) is 10.2 Å². The fraction of sp³-hybridized carbons (Fsp3) is 0.325. The maximum Gasteiger partial charge on any atom is 0.236 e. The lowest BCUT2D eigenvalue weighted by molar-refractivity contribution is -0.131. The summed E-state index contributed by atoms with van der Waals surface area (Å²) in [5, 5.41) is 23.5. The average Bonchev–Trinajstić information content (AvgIpc) is 0.833. The van der Waals surface area contributed by atoms with Gasteiger partial charge in [0.2, 0.25) is 11.8 Å². The van der Waals surface area contributed by atoms with Gasteiger partial charge in [0.25, 0.3) is 0 Å². The van der Waals surface area contributed by atoms with E-state index < -0.39 is 47.3 Å². The number of halogens is 2. The van der Waals surface area contributed by atoms with Crippen LogP contribution in [-0.4, -0.2) is 197 Å². The Hall–Kier alpha value is -9.62. The van der Waals surface area contributed by atoms with E-state index in [9.17, 15) is 47.9 Å². The van der Waals surface area contributed by atoms with Crippen LogP contribution in [0.15, 0.2) is 207 Å². The minimum atomic E-state index is -0.586. The first kappa shape index (κ1) is 77.0. The number of H-pyrrole nitrogens is 2. The number of Topliss-reactive ketones (excluding diaryl/α,β-unsaturated/α-hetero) is 6. The van der Waals surface area contributed by atoms with Crippen LogP contribution in [-0.2, 0) is 20.9 Å². The van der Waals surface area contributed by atoms with E-state index in [0.29, 0.717) is 97.2 Å². The zero-order valence-corrected chi connectivity index (χ0v) is 61.8. The number of aromatic amines is 2. The van der Waals surface area contributed by atoms with Gasteiger partial charge in [-0.25, -0.2) is 4.39 Å². The first-order valence-corrected chi connectivity index (χ1v) is 36.0. The number of amides is 2. The summed E-state index contributed by atoms with van der Waals surface area (Å²) in [6.45, 7) is 7.24. The Morgan fingerprint density at radius 1 is 0.471 bits per heavy atom. The number of ketones is 6. The third-order valence-corrected chi connectivity index (χ3v) is 21.0. The van der Waals surface area contributed by atoms with Crippen LogP contribution >= 0.6 is 22.6 Å². The van der Waals surface area contributed by atoms with Gasteiger partial charge in [0.05, 0.1) is 26.3 Å². The molecular formula is C83H89FIN9O10. The highest BCUT2D eigenvalue weighted by Gasteiger charge is 2.49. The number of methoxy groups -OCH3 is 1. The molecule has 5 heterocycles. The van der Waals surface area contributed by atoms with Crippen LogP contribution in [0.5, 0.6) is 0 Å². The van der Waals surface area contributed by atoms with Gasteiger partial charge in [-0.1, -0.05) is 164 Å². The second-order valence-corrected chi connectivity index (χ2v) is 28.5. The van der Waals surface area contributed by atoms with Crippen LogP contribution in [0, 0.1) is 58.7 Å². The molecule has 6 atom stereocenters. The Morgan fingerprint density at radius 2 is 0.837 bits per heavy atom. The van der Waals surface area contributed by atoms with E-state index in [0.717, 1.165) is 25.8 Å². The summed E-state index contributed by atoms with van der Waals surface area (Å²) in [6, 6.07) is 58.7. The Balaban J connectivity index is 0.000000168. The number of carbonyl (C=O) groups excluding carboxylic acids is 8. The van der Waals surface area contributed by atoms with Crippen LogP contribution in [0.2, 0.25) is 0 Å². The number of hydrogen-bond donors (Lipinski definition) is 3. The Morgan fingerprint density at radius 3 is 1.20 bits per heavy atom. The smallest absolute Gasteiger partial charge is 0.236 e. The normalized spacial score (nSPS) is 18.9. The Labute approximate surface area is 620 Å². The molecule has 0 unspecified atom stereocenters. The molecule has 540 valence electrons. The predicted octanol–water partition coefficient (Wildman–Crippen LogP) is 11.4. The zero-order valence-electron chi connectivity index (χ0n) is 59.6. The molecule has 0 saturated carbocycles. The number of likely N-dealkylation sites (tertiary alicyclic amines) is 3. The van der Waals surface area contributed by atoms with Crippen LogP contribution < -0.4 is 0 Å². The second-order valence-electron chi connectivity index (χ2n) is 27.3. The standard InChI is InChI=1S/C31H34N2O4.C29H29IN2O3.C23H26FN5O3/c1-21-24(20-34)15-10-16-25(21)29-26(30(36)22-11-6-4-7-12-22)17-33(19-28(35)32(2)3)18-27(29)31(37)23-13-8-5-9-14-23;1-31(2)26(33)19-32-17-24(28(34)20-10-5-3-6-11-20)27(22-14-9-15-23(30)16-22)25(18-32)29(35)21-12-7-4-8-13-21;1-14-15(4-3-5-18(14)24)21-16(22(30)19-6-8-25-27-19)12-29(10-11-32-2)13-17(21)23(31)20-7-9-26-28-20/h4-16,26-27,29,34H,17-20H2,1-3H3;3-16,24-25,27H,17-19H2,1-2H3;3-9,16-17,21H,10-13H2,1-2H3,(H,25,27)(H,26,28)/t26-,27-;24-,25-;16-,17-/m000/s1. The number of aromatic nitrogens is 4. The molecule has 2 amide bonds. The van der Waals surface area contributed by atoms with Crippen molar-refractivity contribution in [2.45, 2.75) is 38.2 Å². The third-order valence-electron chi connectivity index (χ3n) is 20.3. The van der Waals surface area contributed by atoms with Gasteiger partial charge < -0.3 is 19.6 Å². The number of benzene rings is 7. The molecule has 0 spiro atoms. The number of nitrogens with one attached hydrogen (secondary N) is 2. The quantitative estimate of drug-likeness (QED) is 0.0399. The highest BCUT2D eigenvalue weighted by molar-refractivity contribution is 14.1. The molecule has 3 fully saturated rings. The molecule has 21 heteroatoms. The molecule has 2 aromatic heterocycles. The van der Waals surface area contributed by atoms with Gasteiger partial charge in [0, 0.05) is 173 Å². The number of ether oxygens (including phenoxy) is 1. The Kier molecular flexibility index (Phi) is 26.8. The van der Waals surface area contributed by atoms with Crippen molar-refractivity contribution in [3.05, 3.63) is 283 Å². The molecule has 0 aliphatic carbocycles. The minimum Gasteiger partial charge on any atom is -0.392 e.